The van der Waals surface area contributed by atoms with Crippen LogP contribution in [0.2, 0.25) is 0 Å². The van der Waals surface area contributed by atoms with Crippen molar-refractivity contribution >= 4 is 18.3 Å². The number of halogens is 2. The highest BCUT2D eigenvalue weighted by Gasteiger charge is 2.38. The van der Waals surface area contributed by atoms with Crippen LogP contribution in [-0.4, -0.2) is 37.2 Å². The SMILES string of the molecule is Cl.NCC1(C(=O)NCCc2coc(-c3ccc(F)cc3)n2)CCOCC1. The van der Waals surface area contributed by atoms with Gasteiger partial charge in [-0.3, -0.25) is 4.79 Å². The van der Waals surface area contributed by atoms with Gasteiger partial charge in [-0.1, -0.05) is 0 Å². The van der Waals surface area contributed by atoms with Crippen LogP contribution in [0.15, 0.2) is 34.9 Å². The smallest absolute Gasteiger partial charge is 0.227 e. The lowest BCUT2D eigenvalue weighted by Gasteiger charge is -2.34. The molecule has 1 aliphatic rings. The number of amides is 1. The van der Waals surface area contributed by atoms with Crippen molar-refractivity contribution in [3.8, 4) is 11.5 Å². The summed E-state index contributed by atoms with van der Waals surface area (Å²) in [6.07, 6.45) is 3.40. The van der Waals surface area contributed by atoms with Crippen molar-refractivity contribution in [1.29, 1.82) is 0 Å². The number of carbonyl (C=O) groups excluding carboxylic acids is 1. The molecule has 1 amide bonds. The third-order valence-corrected chi connectivity index (χ3v) is 4.63. The first-order valence-corrected chi connectivity index (χ1v) is 8.39. The third kappa shape index (κ3) is 4.60. The van der Waals surface area contributed by atoms with E-state index in [0.29, 0.717) is 57.0 Å². The summed E-state index contributed by atoms with van der Waals surface area (Å²) in [7, 11) is 0. The summed E-state index contributed by atoms with van der Waals surface area (Å²) in [6, 6.07) is 5.95. The Hall–Kier alpha value is -1.96. The molecular formula is C18H23ClFN3O3. The molecule has 1 fully saturated rings. The lowest BCUT2D eigenvalue weighted by atomic mass is 9.79. The number of benzene rings is 1. The standard InChI is InChI=1S/C18H22FN3O3.ClH/c19-14-3-1-13(2-4-14)16-22-15(11-25-16)5-8-21-17(23)18(12-20)6-9-24-10-7-18;/h1-4,11H,5-10,12,20H2,(H,21,23);1H. The van der Waals surface area contributed by atoms with E-state index in [-0.39, 0.29) is 24.1 Å². The van der Waals surface area contributed by atoms with Gasteiger partial charge in [0.2, 0.25) is 11.8 Å². The summed E-state index contributed by atoms with van der Waals surface area (Å²) >= 11 is 0. The number of nitrogens with one attached hydrogen (secondary N) is 1. The fourth-order valence-corrected chi connectivity index (χ4v) is 2.92. The summed E-state index contributed by atoms with van der Waals surface area (Å²) in [5, 5.41) is 2.94. The van der Waals surface area contributed by atoms with Gasteiger partial charge in [-0.25, -0.2) is 9.37 Å². The molecule has 1 aromatic carbocycles. The molecule has 0 bridgehead atoms. The molecule has 3 N–H and O–H groups in total. The predicted octanol–water partition coefficient (Wildman–Crippen LogP) is 2.32. The van der Waals surface area contributed by atoms with Crippen molar-refractivity contribution in [1.82, 2.24) is 10.3 Å². The van der Waals surface area contributed by atoms with Crippen LogP contribution in [0.3, 0.4) is 0 Å². The average Bonchev–Trinajstić information content (AvgIpc) is 3.11. The molecule has 6 nitrogen and oxygen atoms in total. The molecule has 0 atom stereocenters. The van der Waals surface area contributed by atoms with Crippen LogP contribution in [-0.2, 0) is 16.0 Å². The van der Waals surface area contributed by atoms with Crippen molar-refractivity contribution in [2.75, 3.05) is 26.3 Å². The second-order valence-electron chi connectivity index (χ2n) is 6.25. The third-order valence-electron chi connectivity index (χ3n) is 4.63. The zero-order chi connectivity index (χ0) is 17.7. The number of nitrogens with zero attached hydrogens (tertiary/aromatic N) is 1. The number of oxazole rings is 1. The molecule has 8 heteroatoms. The first-order valence-electron chi connectivity index (χ1n) is 8.39. The number of rotatable bonds is 6. The van der Waals surface area contributed by atoms with E-state index in [0.717, 1.165) is 5.69 Å². The Morgan fingerprint density at radius 3 is 2.62 bits per heavy atom. The fraction of sp³-hybridized carbons (Fsp3) is 0.444. The van der Waals surface area contributed by atoms with Gasteiger partial charge in [-0.15, -0.1) is 12.4 Å². The number of hydrogen-bond donors (Lipinski definition) is 2. The van der Waals surface area contributed by atoms with Crippen molar-refractivity contribution < 1.29 is 18.3 Å². The fourth-order valence-electron chi connectivity index (χ4n) is 2.92. The number of hydrogen-bond acceptors (Lipinski definition) is 5. The van der Waals surface area contributed by atoms with Crippen LogP contribution in [0.1, 0.15) is 18.5 Å². The second-order valence-corrected chi connectivity index (χ2v) is 6.25. The maximum atomic E-state index is 13.0. The molecule has 1 saturated heterocycles. The highest BCUT2D eigenvalue weighted by molar-refractivity contribution is 5.85. The van der Waals surface area contributed by atoms with Crippen molar-refractivity contribution in [3.05, 3.63) is 42.0 Å². The number of nitrogens with two attached hydrogens (primary N) is 1. The lowest BCUT2D eigenvalue weighted by Crippen LogP contribution is -2.49. The van der Waals surface area contributed by atoms with Crippen molar-refractivity contribution in [3.63, 3.8) is 0 Å². The number of carbonyl (C=O) groups is 1. The van der Waals surface area contributed by atoms with Crippen LogP contribution in [0.4, 0.5) is 4.39 Å². The Balaban J connectivity index is 0.00000243. The zero-order valence-corrected chi connectivity index (χ0v) is 15.2. The van der Waals surface area contributed by atoms with Crippen LogP contribution >= 0.6 is 12.4 Å². The van der Waals surface area contributed by atoms with Crippen molar-refractivity contribution in [2.45, 2.75) is 19.3 Å². The van der Waals surface area contributed by atoms with E-state index in [4.69, 9.17) is 14.9 Å². The van der Waals surface area contributed by atoms with Gasteiger partial charge >= 0.3 is 0 Å². The van der Waals surface area contributed by atoms with Gasteiger partial charge < -0.3 is 20.2 Å². The summed E-state index contributed by atoms with van der Waals surface area (Å²) in [5.74, 6) is 0.102. The molecular weight excluding hydrogens is 361 g/mol. The van der Waals surface area contributed by atoms with E-state index < -0.39 is 5.41 Å². The van der Waals surface area contributed by atoms with Crippen LogP contribution in [0, 0.1) is 11.2 Å². The van der Waals surface area contributed by atoms with Crippen molar-refractivity contribution in [2.24, 2.45) is 11.1 Å². The minimum atomic E-state index is -0.526. The molecule has 0 spiro atoms. The summed E-state index contributed by atoms with van der Waals surface area (Å²) in [6.45, 7) is 1.90. The maximum Gasteiger partial charge on any atom is 0.227 e. The Kier molecular flexibility index (Phi) is 7.14. The zero-order valence-electron chi connectivity index (χ0n) is 14.4. The molecule has 0 saturated carbocycles. The largest absolute Gasteiger partial charge is 0.444 e. The van der Waals surface area contributed by atoms with E-state index in [2.05, 4.69) is 10.3 Å². The second kappa shape index (κ2) is 9.12. The monoisotopic (exact) mass is 383 g/mol. The molecule has 0 unspecified atom stereocenters. The Labute approximate surface area is 157 Å². The van der Waals surface area contributed by atoms with E-state index in [1.807, 2.05) is 0 Å². The molecule has 1 aliphatic heterocycles. The van der Waals surface area contributed by atoms with Gasteiger partial charge in [-0.2, -0.15) is 0 Å². The van der Waals surface area contributed by atoms with Gasteiger partial charge in [0.25, 0.3) is 0 Å². The van der Waals surface area contributed by atoms with E-state index >= 15 is 0 Å². The van der Waals surface area contributed by atoms with Gasteiger partial charge in [0.1, 0.15) is 12.1 Å². The van der Waals surface area contributed by atoms with Crippen LogP contribution < -0.4 is 11.1 Å². The van der Waals surface area contributed by atoms with Gasteiger partial charge in [-0.05, 0) is 37.1 Å². The normalized spacial score (nSPS) is 15.9. The first kappa shape index (κ1) is 20.4. The van der Waals surface area contributed by atoms with Gasteiger partial charge in [0, 0.05) is 38.3 Å². The molecule has 0 radical (unpaired) electrons. The molecule has 26 heavy (non-hydrogen) atoms. The Morgan fingerprint density at radius 2 is 1.96 bits per heavy atom. The Morgan fingerprint density at radius 1 is 1.27 bits per heavy atom. The first-order chi connectivity index (χ1) is 12.1. The minimum Gasteiger partial charge on any atom is -0.444 e. The molecule has 0 aliphatic carbocycles. The van der Waals surface area contributed by atoms with Crippen LogP contribution in [0.25, 0.3) is 11.5 Å². The molecule has 2 aromatic rings. The summed E-state index contributed by atoms with van der Waals surface area (Å²) < 4.78 is 23.7. The summed E-state index contributed by atoms with van der Waals surface area (Å²) in [4.78, 5) is 16.8. The summed E-state index contributed by atoms with van der Waals surface area (Å²) in [5.41, 5.74) is 6.74. The highest BCUT2D eigenvalue weighted by atomic mass is 35.5. The quantitative estimate of drug-likeness (QED) is 0.798. The number of aromatic nitrogens is 1. The minimum absolute atomic E-state index is 0. The molecule has 142 valence electrons. The Bertz CT molecular complexity index is 715. The van der Waals surface area contributed by atoms with E-state index in [9.17, 15) is 9.18 Å². The highest BCUT2D eigenvalue weighted by Crippen LogP contribution is 2.29. The van der Waals surface area contributed by atoms with Crippen LogP contribution in [0.5, 0.6) is 0 Å². The topological polar surface area (TPSA) is 90.4 Å². The van der Waals surface area contributed by atoms with E-state index in [1.54, 1.807) is 18.4 Å². The van der Waals surface area contributed by atoms with Gasteiger partial charge in [0.05, 0.1) is 11.1 Å². The molecule has 3 rings (SSSR count). The average molecular weight is 384 g/mol. The number of ether oxygens (including phenoxy) is 1. The maximum absolute atomic E-state index is 13.0. The predicted molar refractivity (Wildman–Crippen MR) is 97.4 cm³/mol. The lowest BCUT2D eigenvalue weighted by molar-refractivity contribution is -0.135. The molecule has 1 aromatic heterocycles. The van der Waals surface area contributed by atoms with E-state index in [1.165, 1.54) is 12.1 Å². The van der Waals surface area contributed by atoms with Gasteiger partial charge in [0.15, 0.2) is 0 Å². The molecule has 2 heterocycles.